The topological polar surface area (TPSA) is 59.9 Å². The van der Waals surface area contributed by atoms with Crippen molar-refractivity contribution in [2.45, 2.75) is 0 Å². The van der Waals surface area contributed by atoms with Crippen LogP contribution in [0.15, 0.2) is 173 Å². The number of benzene rings is 8. The molecule has 0 saturated carbocycles. The summed E-state index contributed by atoms with van der Waals surface area (Å²) in [7, 11) is 0. The van der Waals surface area contributed by atoms with Crippen LogP contribution in [-0.2, 0) is 0 Å². The van der Waals surface area contributed by atoms with E-state index in [0.717, 1.165) is 110 Å². The molecule has 0 aliphatic carbocycles. The molecule has 0 saturated heterocycles. The summed E-state index contributed by atoms with van der Waals surface area (Å²) in [6.07, 6.45) is 0. The van der Waals surface area contributed by atoms with Gasteiger partial charge < -0.3 is 18.0 Å². The fourth-order valence-electron chi connectivity index (χ4n) is 8.90. The van der Waals surface area contributed by atoms with E-state index in [1.165, 1.54) is 0 Å². The number of furan rings is 2. The second-order valence-corrected chi connectivity index (χ2v) is 13.9. The lowest BCUT2D eigenvalue weighted by Gasteiger charge is -2.18. The third kappa shape index (κ3) is 3.81. The van der Waals surface area contributed by atoms with Gasteiger partial charge in [-0.2, -0.15) is 5.26 Å². The van der Waals surface area contributed by atoms with Crippen molar-refractivity contribution in [1.29, 1.82) is 5.26 Å². The molecule has 8 aromatic carbocycles. The van der Waals surface area contributed by atoms with Crippen LogP contribution in [0.4, 0.5) is 0 Å². The third-order valence-electron chi connectivity index (χ3n) is 11.2. The van der Waals surface area contributed by atoms with Crippen LogP contribution in [0.3, 0.4) is 0 Å². The molecule has 250 valence electrons. The number of hydrogen-bond donors (Lipinski definition) is 0. The van der Waals surface area contributed by atoms with Crippen molar-refractivity contribution in [3.05, 3.63) is 169 Å². The predicted octanol–water partition coefficient (Wildman–Crippen LogP) is 13.2. The van der Waals surface area contributed by atoms with Crippen molar-refractivity contribution in [1.82, 2.24) is 9.13 Å². The number of nitriles is 1. The molecule has 4 heterocycles. The van der Waals surface area contributed by atoms with Gasteiger partial charge >= 0.3 is 0 Å². The van der Waals surface area contributed by atoms with Crippen molar-refractivity contribution in [2.24, 2.45) is 0 Å². The fourth-order valence-corrected chi connectivity index (χ4v) is 8.90. The summed E-state index contributed by atoms with van der Waals surface area (Å²) in [6.45, 7) is 0. The van der Waals surface area contributed by atoms with Crippen LogP contribution in [0.5, 0.6) is 0 Å². The Balaban J connectivity index is 1.18. The van der Waals surface area contributed by atoms with Gasteiger partial charge in [-0.1, -0.05) is 91.0 Å². The molecule has 5 heteroatoms. The monoisotopic (exact) mass is 689 g/mol. The van der Waals surface area contributed by atoms with Crippen LogP contribution < -0.4 is 0 Å². The van der Waals surface area contributed by atoms with E-state index < -0.39 is 0 Å². The molecule has 0 unspecified atom stereocenters. The Morgan fingerprint density at radius 1 is 0.389 bits per heavy atom. The number of hydrogen-bond acceptors (Lipinski definition) is 3. The molecule has 4 aromatic heterocycles. The van der Waals surface area contributed by atoms with Crippen LogP contribution in [0, 0.1) is 11.3 Å². The van der Waals surface area contributed by atoms with Gasteiger partial charge in [0.1, 0.15) is 22.3 Å². The SMILES string of the molecule is N#Cc1ccc(-n2c3ccccc3c3c4oc5ccccc5c4ccc32)c(-c2ccccc2-n2c3ccccc3c3c4oc5ccccc5c4ccc32)c1. The molecule has 5 nitrogen and oxygen atoms in total. The van der Waals surface area contributed by atoms with E-state index in [1.807, 2.05) is 36.4 Å². The maximum Gasteiger partial charge on any atom is 0.145 e. The molecule has 0 radical (unpaired) electrons. The van der Waals surface area contributed by atoms with Gasteiger partial charge in [0.25, 0.3) is 0 Å². The summed E-state index contributed by atoms with van der Waals surface area (Å²) >= 11 is 0. The Hall–Kier alpha value is -7.55. The molecule has 0 N–H and O–H groups in total. The smallest absolute Gasteiger partial charge is 0.145 e. The summed E-state index contributed by atoms with van der Waals surface area (Å²) in [5, 5.41) is 19.1. The highest BCUT2D eigenvalue weighted by Gasteiger charge is 2.24. The van der Waals surface area contributed by atoms with Gasteiger partial charge in [-0.15, -0.1) is 0 Å². The first kappa shape index (κ1) is 29.1. The quantitative estimate of drug-likeness (QED) is 0.185. The lowest BCUT2D eigenvalue weighted by atomic mass is 9.98. The number of para-hydroxylation sites is 5. The highest BCUT2D eigenvalue weighted by molar-refractivity contribution is 6.25. The van der Waals surface area contributed by atoms with Crippen molar-refractivity contribution in [3.8, 4) is 28.6 Å². The standard InChI is InChI=1S/C49H27N3O2/c50-28-29-21-24-41(52-40-18-8-3-15-36(40)47-43(52)26-23-34-32-13-5-10-20-45(32)54-49(34)47)37(27-29)30-11-1-6-16-38(30)51-39-17-7-2-14-35(39)46-42(51)25-22-33-31-12-4-9-19-44(31)53-48(33)46/h1-27H. The van der Waals surface area contributed by atoms with Gasteiger partial charge in [0.2, 0.25) is 0 Å². The van der Waals surface area contributed by atoms with E-state index >= 15 is 0 Å². The molecular formula is C49H27N3O2. The van der Waals surface area contributed by atoms with E-state index in [-0.39, 0.29) is 0 Å². The van der Waals surface area contributed by atoms with Crippen LogP contribution in [0.25, 0.3) is 110 Å². The molecule has 54 heavy (non-hydrogen) atoms. The third-order valence-corrected chi connectivity index (χ3v) is 11.2. The molecule has 0 aliphatic heterocycles. The summed E-state index contributed by atoms with van der Waals surface area (Å²) in [5.74, 6) is 0. The second-order valence-electron chi connectivity index (χ2n) is 13.9. The van der Waals surface area contributed by atoms with E-state index in [1.54, 1.807) is 0 Å². The molecule has 0 aliphatic rings. The molecule has 0 amide bonds. The van der Waals surface area contributed by atoms with Gasteiger partial charge in [0, 0.05) is 43.4 Å². The Morgan fingerprint density at radius 3 is 1.44 bits per heavy atom. The molecular weight excluding hydrogens is 663 g/mol. The van der Waals surface area contributed by atoms with E-state index in [4.69, 9.17) is 8.83 Å². The highest BCUT2D eigenvalue weighted by atomic mass is 16.3. The minimum absolute atomic E-state index is 0.593. The Morgan fingerprint density at radius 2 is 0.870 bits per heavy atom. The summed E-state index contributed by atoms with van der Waals surface area (Å²) in [5.41, 5.74) is 12.3. The lowest BCUT2D eigenvalue weighted by Crippen LogP contribution is -2.02. The van der Waals surface area contributed by atoms with Crippen LogP contribution in [0.1, 0.15) is 5.56 Å². The van der Waals surface area contributed by atoms with Crippen LogP contribution >= 0.6 is 0 Å². The van der Waals surface area contributed by atoms with Crippen molar-refractivity contribution >= 4 is 87.5 Å². The van der Waals surface area contributed by atoms with Gasteiger partial charge in [0.05, 0.1) is 55.8 Å². The van der Waals surface area contributed by atoms with E-state index in [0.29, 0.717) is 5.56 Å². The first-order valence-corrected chi connectivity index (χ1v) is 18.1. The predicted molar refractivity (Wildman–Crippen MR) is 220 cm³/mol. The summed E-state index contributed by atoms with van der Waals surface area (Å²) in [4.78, 5) is 0. The van der Waals surface area contributed by atoms with Crippen molar-refractivity contribution in [2.75, 3.05) is 0 Å². The fraction of sp³-hybridized carbons (Fsp3) is 0. The molecule has 0 bridgehead atoms. The van der Waals surface area contributed by atoms with E-state index in [2.05, 4.69) is 143 Å². The van der Waals surface area contributed by atoms with Crippen LogP contribution in [-0.4, -0.2) is 9.13 Å². The Labute approximate surface area is 307 Å². The Kier molecular flexibility index (Phi) is 5.78. The van der Waals surface area contributed by atoms with Crippen molar-refractivity contribution in [3.63, 3.8) is 0 Å². The van der Waals surface area contributed by atoms with Gasteiger partial charge in [-0.25, -0.2) is 0 Å². The van der Waals surface area contributed by atoms with Gasteiger partial charge in [-0.3, -0.25) is 0 Å². The van der Waals surface area contributed by atoms with Gasteiger partial charge in [0.15, 0.2) is 0 Å². The average molecular weight is 690 g/mol. The number of rotatable bonds is 3. The maximum atomic E-state index is 10.3. The normalized spacial score (nSPS) is 12.1. The lowest BCUT2D eigenvalue weighted by molar-refractivity contribution is 0.672. The second kappa shape index (κ2) is 10.7. The molecule has 12 rings (SSSR count). The van der Waals surface area contributed by atoms with Crippen molar-refractivity contribution < 1.29 is 8.83 Å². The summed E-state index contributed by atoms with van der Waals surface area (Å²) in [6, 6.07) is 59.3. The maximum absolute atomic E-state index is 10.3. The molecule has 0 spiro atoms. The Bertz CT molecular complexity index is 3590. The number of nitrogens with zero attached hydrogens (tertiary/aromatic N) is 3. The van der Waals surface area contributed by atoms with Gasteiger partial charge in [-0.05, 0) is 72.8 Å². The average Bonchev–Trinajstić information content (AvgIpc) is 3.98. The number of fused-ring (bicyclic) bond motifs is 14. The largest absolute Gasteiger partial charge is 0.455 e. The molecule has 0 atom stereocenters. The highest BCUT2D eigenvalue weighted by Crippen LogP contribution is 2.45. The first-order chi connectivity index (χ1) is 26.8. The molecule has 12 aromatic rings. The molecule has 0 fully saturated rings. The minimum atomic E-state index is 0.593. The minimum Gasteiger partial charge on any atom is -0.455 e. The zero-order chi connectivity index (χ0) is 35.5. The zero-order valence-electron chi connectivity index (χ0n) is 28.7. The van der Waals surface area contributed by atoms with Crippen LogP contribution in [0.2, 0.25) is 0 Å². The first-order valence-electron chi connectivity index (χ1n) is 18.1. The number of aromatic nitrogens is 2. The van der Waals surface area contributed by atoms with E-state index in [9.17, 15) is 5.26 Å². The summed E-state index contributed by atoms with van der Waals surface area (Å²) < 4.78 is 17.9. The zero-order valence-corrected chi connectivity index (χ0v) is 28.7.